The van der Waals surface area contributed by atoms with E-state index in [0.29, 0.717) is 12.6 Å². The molecular weight excluding hydrogens is 287 g/mol. The number of benzene rings is 1. The van der Waals surface area contributed by atoms with Gasteiger partial charge in [0.15, 0.2) is 0 Å². The number of rotatable bonds is 7. The summed E-state index contributed by atoms with van der Waals surface area (Å²) in [7, 11) is 0. The van der Waals surface area contributed by atoms with E-state index in [4.69, 9.17) is 11.6 Å². The van der Waals surface area contributed by atoms with Crippen LogP contribution in [0.2, 0.25) is 5.02 Å². The van der Waals surface area contributed by atoms with Gasteiger partial charge < -0.3 is 9.88 Å². The van der Waals surface area contributed by atoms with E-state index in [1.54, 1.807) is 12.1 Å². The third-order valence-electron chi connectivity index (χ3n) is 3.55. The molecule has 0 saturated heterocycles. The number of nitrogens with one attached hydrogen (secondary N) is 1. The van der Waals surface area contributed by atoms with Crippen LogP contribution in [0.1, 0.15) is 43.9 Å². The lowest BCUT2D eigenvalue weighted by Crippen LogP contribution is -2.20. The lowest BCUT2D eigenvalue weighted by atomic mass is 10.1. The molecule has 1 atom stereocenters. The second kappa shape index (κ2) is 7.62. The Morgan fingerprint density at radius 2 is 2.10 bits per heavy atom. The van der Waals surface area contributed by atoms with Crippen molar-refractivity contribution < 1.29 is 4.39 Å². The van der Waals surface area contributed by atoms with Crippen LogP contribution < -0.4 is 5.32 Å². The molecule has 1 heterocycles. The van der Waals surface area contributed by atoms with Gasteiger partial charge in [0.2, 0.25) is 0 Å². The molecule has 0 spiro atoms. The van der Waals surface area contributed by atoms with Crippen LogP contribution in [0, 0.1) is 5.82 Å². The smallest absolute Gasteiger partial charge is 0.141 e. The van der Waals surface area contributed by atoms with Crippen molar-refractivity contribution in [2.45, 2.75) is 39.3 Å². The van der Waals surface area contributed by atoms with Gasteiger partial charge in [-0.25, -0.2) is 4.39 Å². The van der Waals surface area contributed by atoms with E-state index >= 15 is 0 Å². The van der Waals surface area contributed by atoms with Crippen LogP contribution in [0.4, 0.5) is 4.39 Å². The van der Waals surface area contributed by atoms with Gasteiger partial charge in [0, 0.05) is 25.0 Å². The van der Waals surface area contributed by atoms with Crippen molar-refractivity contribution in [1.29, 1.82) is 0 Å². The molecule has 1 unspecified atom stereocenters. The van der Waals surface area contributed by atoms with Gasteiger partial charge in [-0.05, 0) is 42.3 Å². The second-order valence-electron chi connectivity index (χ2n) is 5.26. The minimum absolute atomic E-state index is 0.177. The van der Waals surface area contributed by atoms with Gasteiger partial charge in [0.25, 0.3) is 0 Å². The largest absolute Gasteiger partial charge is 0.350 e. The van der Waals surface area contributed by atoms with Crippen molar-refractivity contribution in [3.8, 4) is 0 Å². The summed E-state index contributed by atoms with van der Waals surface area (Å²) in [6.45, 7) is 5.98. The molecule has 0 aliphatic rings. The summed E-state index contributed by atoms with van der Waals surface area (Å²) in [5, 5.41) is 3.69. The van der Waals surface area contributed by atoms with E-state index in [9.17, 15) is 4.39 Å². The van der Waals surface area contributed by atoms with Crippen molar-refractivity contribution in [1.82, 2.24) is 9.88 Å². The fourth-order valence-electron chi connectivity index (χ4n) is 2.53. The van der Waals surface area contributed by atoms with E-state index in [1.165, 1.54) is 11.6 Å². The normalized spacial score (nSPS) is 12.6. The van der Waals surface area contributed by atoms with Crippen LogP contribution in [0.25, 0.3) is 0 Å². The molecular formula is C17H22ClFN2. The Balaban J connectivity index is 2.09. The predicted octanol–water partition coefficient (Wildman–Crippen LogP) is 4.78. The molecule has 21 heavy (non-hydrogen) atoms. The van der Waals surface area contributed by atoms with Crippen molar-refractivity contribution >= 4 is 11.6 Å². The zero-order valence-electron chi connectivity index (χ0n) is 12.6. The number of halogens is 2. The third kappa shape index (κ3) is 4.32. The molecule has 0 bridgehead atoms. The third-order valence-corrected chi connectivity index (χ3v) is 3.84. The molecule has 1 N–H and O–H groups in total. The molecule has 2 rings (SSSR count). The lowest BCUT2D eigenvalue weighted by Gasteiger charge is -2.15. The summed E-state index contributed by atoms with van der Waals surface area (Å²) >= 11 is 5.82. The van der Waals surface area contributed by atoms with E-state index < -0.39 is 0 Å². The Kier molecular flexibility index (Phi) is 5.83. The first-order chi connectivity index (χ1) is 10.1. The molecule has 1 aromatic carbocycles. The van der Waals surface area contributed by atoms with Gasteiger partial charge in [-0.15, -0.1) is 0 Å². The molecule has 0 aliphatic carbocycles. The predicted molar refractivity (Wildman–Crippen MR) is 86.3 cm³/mol. The number of hydrogen-bond donors (Lipinski definition) is 1. The van der Waals surface area contributed by atoms with E-state index in [-0.39, 0.29) is 10.8 Å². The molecule has 1 aromatic heterocycles. The minimum atomic E-state index is -0.372. The Morgan fingerprint density at radius 3 is 2.76 bits per heavy atom. The highest BCUT2D eigenvalue weighted by atomic mass is 35.5. The van der Waals surface area contributed by atoms with Crippen LogP contribution in [0.5, 0.6) is 0 Å². The monoisotopic (exact) mass is 308 g/mol. The fraction of sp³-hybridized carbons (Fsp3) is 0.412. The zero-order chi connectivity index (χ0) is 15.2. The van der Waals surface area contributed by atoms with Crippen LogP contribution in [0.3, 0.4) is 0 Å². The SMILES string of the molecule is CCCC(NCC)c1ccn(Cc2ccc(F)c(Cl)c2)c1. The van der Waals surface area contributed by atoms with E-state index in [1.807, 2.05) is 0 Å². The molecule has 0 amide bonds. The summed E-state index contributed by atoms with van der Waals surface area (Å²) in [6, 6.07) is 7.42. The van der Waals surface area contributed by atoms with Crippen LogP contribution in [-0.2, 0) is 6.54 Å². The van der Waals surface area contributed by atoms with Crippen molar-refractivity contribution in [2.75, 3.05) is 6.54 Å². The maximum absolute atomic E-state index is 13.2. The topological polar surface area (TPSA) is 17.0 Å². The second-order valence-corrected chi connectivity index (χ2v) is 5.67. The fourth-order valence-corrected chi connectivity index (χ4v) is 2.74. The maximum Gasteiger partial charge on any atom is 0.141 e. The van der Waals surface area contributed by atoms with Gasteiger partial charge in [0.05, 0.1) is 5.02 Å². The molecule has 2 nitrogen and oxygen atoms in total. The quantitative estimate of drug-likeness (QED) is 0.779. The average molecular weight is 309 g/mol. The number of aromatic nitrogens is 1. The van der Waals surface area contributed by atoms with Gasteiger partial charge in [0.1, 0.15) is 5.82 Å². The number of hydrogen-bond acceptors (Lipinski definition) is 1. The summed E-state index contributed by atoms with van der Waals surface area (Å²) < 4.78 is 15.3. The Labute approximate surface area is 130 Å². The highest BCUT2D eigenvalue weighted by molar-refractivity contribution is 6.30. The Morgan fingerprint density at radius 1 is 1.29 bits per heavy atom. The molecule has 0 saturated carbocycles. The molecule has 4 heteroatoms. The molecule has 0 aliphatic heterocycles. The van der Waals surface area contributed by atoms with Crippen molar-refractivity contribution in [3.05, 3.63) is 58.6 Å². The summed E-state index contributed by atoms with van der Waals surface area (Å²) in [5.74, 6) is -0.372. The van der Waals surface area contributed by atoms with Gasteiger partial charge in [-0.3, -0.25) is 0 Å². The highest BCUT2D eigenvalue weighted by Gasteiger charge is 2.10. The standard InChI is InChI=1S/C17H22ClFN2/c1-3-5-17(20-4-2)14-8-9-21(12-14)11-13-6-7-16(19)15(18)10-13/h6-10,12,17,20H,3-5,11H2,1-2H3. The summed E-state index contributed by atoms with van der Waals surface area (Å²) in [5.41, 5.74) is 2.30. The Bertz CT molecular complexity index is 574. The van der Waals surface area contributed by atoms with Gasteiger partial charge in [-0.2, -0.15) is 0 Å². The summed E-state index contributed by atoms with van der Waals surface area (Å²) in [6.07, 6.45) is 6.49. The van der Waals surface area contributed by atoms with Crippen molar-refractivity contribution in [2.24, 2.45) is 0 Å². The lowest BCUT2D eigenvalue weighted by molar-refractivity contribution is 0.508. The molecule has 114 valence electrons. The van der Waals surface area contributed by atoms with E-state index in [0.717, 1.165) is 24.9 Å². The van der Waals surface area contributed by atoms with Crippen LogP contribution >= 0.6 is 11.6 Å². The van der Waals surface area contributed by atoms with Crippen LogP contribution in [-0.4, -0.2) is 11.1 Å². The maximum atomic E-state index is 13.2. The van der Waals surface area contributed by atoms with Crippen molar-refractivity contribution in [3.63, 3.8) is 0 Å². The Hall–Kier alpha value is -1.32. The average Bonchev–Trinajstić information content (AvgIpc) is 2.91. The van der Waals surface area contributed by atoms with Crippen LogP contribution in [0.15, 0.2) is 36.7 Å². The first-order valence-corrected chi connectivity index (χ1v) is 7.84. The summed E-state index contributed by atoms with van der Waals surface area (Å²) in [4.78, 5) is 0. The van der Waals surface area contributed by atoms with Gasteiger partial charge >= 0.3 is 0 Å². The molecule has 2 aromatic rings. The van der Waals surface area contributed by atoms with E-state index in [2.05, 4.69) is 42.2 Å². The molecule has 0 radical (unpaired) electrons. The zero-order valence-corrected chi connectivity index (χ0v) is 13.3. The first-order valence-electron chi connectivity index (χ1n) is 7.47. The number of nitrogens with zero attached hydrogens (tertiary/aromatic N) is 1. The highest BCUT2D eigenvalue weighted by Crippen LogP contribution is 2.21. The molecule has 0 fully saturated rings. The first kappa shape index (κ1) is 16.1. The minimum Gasteiger partial charge on any atom is -0.350 e. The van der Waals surface area contributed by atoms with Gasteiger partial charge in [-0.1, -0.05) is 37.9 Å².